The molecule has 3 rings (SSSR count). The Balaban J connectivity index is 1.97. The molecule has 21 heavy (non-hydrogen) atoms. The lowest BCUT2D eigenvalue weighted by Crippen LogP contribution is -1.98. The third-order valence-corrected chi connectivity index (χ3v) is 5.07. The zero-order valence-corrected chi connectivity index (χ0v) is 14.2. The highest BCUT2D eigenvalue weighted by Gasteiger charge is 2.17. The van der Waals surface area contributed by atoms with Gasteiger partial charge >= 0.3 is 0 Å². The van der Waals surface area contributed by atoms with E-state index in [1.165, 1.54) is 33.4 Å². The second-order valence-electron chi connectivity index (χ2n) is 5.57. The molecule has 2 aromatic carbocycles. The molecule has 1 heterocycles. The van der Waals surface area contributed by atoms with E-state index in [0.717, 1.165) is 19.0 Å². The summed E-state index contributed by atoms with van der Waals surface area (Å²) in [7, 11) is 1.72. The number of fused-ring (bicyclic) bond motifs is 1. The molecule has 0 aromatic heterocycles. The summed E-state index contributed by atoms with van der Waals surface area (Å²) in [5.41, 5.74) is 7.47. The zero-order chi connectivity index (χ0) is 15.0. The van der Waals surface area contributed by atoms with Crippen molar-refractivity contribution >= 4 is 15.9 Å². The lowest BCUT2D eigenvalue weighted by molar-refractivity contribution is 0.134. The van der Waals surface area contributed by atoms with Crippen LogP contribution in [0.3, 0.4) is 0 Å². The van der Waals surface area contributed by atoms with Crippen molar-refractivity contribution in [3.63, 3.8) is 0 Å². The Kier molecular flexibility index (Phi) is 4.05. The maximum atomic E-state index is 5.49. The minimum Gasteiger partial charge on any atom is -0.496 e. The monoisotopic (exact) mass is 346 g/mol. The van der Waals surface area contributed by atoms with Crippen molar-refractivity contribution < 1.29 is 9.47 Å². The molecule has 0 N–H and O–H groups in total. The fourth-order valence-corrected chi connectivity index (χ4v) is 3.54. The van der Waals surface area contributed by atoms with Gasteiger partial charge in [0.25, 0.3) is 0 Å². The summed E-state index contributed by atoms with van der Waals surface area (Å²) in [6.45, 7) is 5.64. The van der Waals surface area contributed by atoms with Gasteiger partial charge in [0.2, 0.25) is 0 Å². The Labute approximate surface area is 134 Å². The first-order chi connectivity index (χ1) is 10.1. The van der Waals surface area contributed by atoms with Crippen LogP contribution in [0.25, 0.3) is 0 Å². The number of hydrogen-bond acceptors (Lipinski definition) is 2. The minimum absolute atomic E-state index is 0.187. The molecule has 0 aliphatic carbocycles. The van der Waals surface area contributed by atoms with Crippen molar-refractivity contribution in [2.75, 3.05) is 7.11 Å². The number of aryl methyl sites for hydroxylation is 2. The summed E-state index contributed by atoms with van der Waals surface area (Å²) in [5, 5.41) is 0. The first kappa shape index (κ1) is 14.6. The highest BCUT2D eigenvalue weighted by Crippen LogP contribution is 2.36. The molecular formula is C18H19BrO2. The molecule has 1 unspecified atom stereocenters. The van der Waals surface area contributed by atoms with Gasteiger partial charge < -0.3 is 9.47 Å². The standard InChI is InChI=1S/C18H19BrO2/c1-11-6-15(7-12(2)18(11)20-3)17(19)13-4-5-14-9-21-10-16(14)8-13/h4-8,17H,9-10H2,1-3H3. The van der Waals surface area contributed by atoms with Gasteiger partial charge in [-0.25, -0.2) is 0 Å². The van der Waals surface area contributed by atoms with Crippen molar-refractivity contribution in [1.82, 2.24) is 0 Å². The smallest absolute Gasteiger partial charge is 0.124 e. The summed E-state index contributed by atoms with van der Waals surface area (Å²) >= 11 is 3.84. The number of hydrogen-bond donors (Lipinski definition) is 0. The van der Waals surface area contributed by atoms with Gasteiger partial charge in [-0.2, -0.15) is 0 Å². The van der Waals surface area contributed by atoms with Crippen molar-refractivity contribution in [2.24, 2.45) is 0 Å². The van der Waals surface area contributed by atoms with Crippen LogP contribution in [-0.2, 0) is 18.0 Å². The van der Waals surface area contributed by atoms with E-state index in [2.05, 4.69) is 60.1 Å². The number of halogens is 1. The van der Waals surface area contributed by atoms with Crippen LogP contribution in [0.15, 0.2) is 30.3 Å². The van der Waals surface area contributed by atoms with E-state index in [0.29, 0.717) is 0 Å². The summed E-state index contributed by atoms with van der Waals surface area (Å²) in [6, 6.07) is 11.0. The van der Waals surface area contributed by atoms with Crippen LogP contribution in [0.4, 0.5) is 0 Å². The van der Waals surface area contributed by atoms with Crippen LogP contribution in [0.1, 0.15) is 38.2 Å². The maximum absolute atomic E-state index is 5.49. The SMILES string of the molecule is COc1c(C)cc(C(Br)c2ccc3c(c2)COC3)cc1C. The molecule has 1 aliphatic rings. The highest BCUT2D eigenvalue weighted by atomic mass is 79.9. The molecule has 110 valence electrons. The van der Waals surface area contributed by atoms with Gasteiger partial charge in [0.1, 0.15) is 5.75 Å². The van der Waals surface area contributed by atoms with Crippen LogP contribution >= 0.6 is 15.9 Å². The summed E-state index contributed by atoms with van der Waals surface area (Å²) in [4.78, 5) is 0.187. The van der Waals surface area contributed by atoms with Crippen LogP contribution in [0, 0.1) is 13.8 Å². The van der Waals surface area contributed by atoms with E-state index in [1.807, 2.05) is 0 Å². The average Bonchev–Trinajstić information content (AvgIpc) is 2.93. The summed E-state index contributed by atoms with van der Waals surface area (Å²) in [5.74, 6) is 0.973. The molecule has 0 bridgehead atoms. The largest absolute Gasteiger partial charge is 0.496 e. The summed E-state index contributed by atoms with van der Waals surface area (Å²) < 4.78 is 10.9. The topological polar surface area (TPSA) is 18.5 Å². The van der Waals surface area contributed by atoms with Crippen molar-refractivity contribution in [3.05, 3.63) is 63.7 Å². The molecule has 1 aliphatic heterocycles. The Morgan fingerprint density at radius 2 is 1.67 bits per heavy atom. The first-order valence-corrected chi connectivity index (χ1v) is 8.00. The van der Waals surface area contributed by atoms with Crippen LogP contribution < -0.4 is 4.74 Å². The molecule has 2 nitrogen and oxygen atoms in total. The number of benzene rings is 2. The van der Waals surface area contributed by atoms with Gasteiger partial charge in [0.15, 0.2) is 0 Å². The summed E-state index contributed by atoms with van der Waals surface area (Å²) in [6.07, 6.45) is 0. The Morgan fingerprint density at radius 3 is 2.33 bits per heavy atom. The first-order valence-electron chi connectivity index (χ1n) is 7.09. The number of methoxy groups -OCH3 is 1. The molecule has 0 saturated heterocycles. The van der Waals surface area contributed by atoms with Gasteiger partial charge in [-0.3, -0.25) is 0 Å². The van der Waals surface area contributed by atoms with Gasteiger partial charge in [-0.05, 0) is 47.2 Å². The van der Waals surface area contributed by atoms with E-state index in [-0.39, 0.29) is 4.83 Å². The zero-order valence-electron chi connectivity index (χ0n) is 12.6. The third-order valence-electron chi connectivity index (χ3n) is 4.02. The Hall–Kier alpha value is -1.32. The fourth-order valence-electron chi connectivity index (χ4n) is 2.99. The quantitative estimate of drug-likeness (QED) is 0.741. The molecular weight excluding hydrogens is 328 g/mol. The lowest BCUT2D eigenvalue weighted by atomic mass is 9.97. The molecule has 2 aromatic rings. The van der Waals surface area contributed by atoms with E-state index < -0.39 is 0 Å². The van der Waals surface area contributed by atoms with Gasteiger partial charge in [0.05, 0.1) is 25.2 Å². The molecule has 0 saturated carbocycles. The van der Waals surface area contributed by atoms with E-state index in [9.17, 15) is 0 Å². The second kappa shape index (κ2) is 5.82. The predicted octanol–water partition coefficient (Wildman–Crippen LogP) is 4.83. The van der Waals surface area contributed by atoms with Crippen molar-refractivity contribution in [3.8, 4) is 5.75 Å². The number of rotatable bonds is 3. The molecule has 0 fully saturated rings. The van der Waals surface area contributed by atoms with Crippen molar-refractivity contribution in [1.29, 1.82) is 0 Å². The Bertz CT molecular complexity index is 656. The van der Waals surface area contributed by atoms with Gasteiger partial charge in [-0.15, -0.1) is 0 Å². The number of ether oxygens (including phenoxy) is 2. The normalized spacial score (nSPS) is 14.9. The number of alkyl halides is 1. The van der Waals surface area contributed by atoms with E-state index in [4.69, 9.17) is 9.47 Å². The minimum atomic E-state index is 0.187. The molecule has 0 radical (unpaired) electrons. The van der Waals surface area contributed by atoms with Crippen LogP contribution in [0.2, 0.25) is 0 Å². The Morgan fingerprint density at radius 1 is 1.00 bits per heavy atom. The maximum Gasteiger partial charge on any atom is 0.124 e. The van der Waals surface area contributed by atoms with Crippen molar-refractivity contribution in [2.45, 2.75) is 31.9 Å². The van der Waals surface area contributed by atoms with Gasteiger partial charge in [0, 0.05) is 0 Å². The highest BCUT2D eigenvalue weighted by molar-refractivity contribution is 9.09. The molecule has 0 amide bonds. The lowest BCUT2D eigenvalue weighted by Gasteiger charge is -2.16. The average molecular weight is 347 g/mol. The molecule has 0 spiro atoms. The van der Waals surface area contributed by atoms with Crippen LogP contribution in [-0.4, -0.2) is 7.11 Å². The van der Waals surface area contributed by atoms with E-state index >= 15 is 0 Å². The molecule has 3 heteroatoms. The molecule has 1 atom stereocenters. The fraction of sp³-hybridized carbons (Fsp3) is 0.333. The van der Waals surface area contributed by atoms with Gasteiger partial charge in [-0.1, -0.05) is 46.3 Å². The van der Waals surface area contributed by atoms with E-state index in [1.54, 1.807) is 7.11 Å². The van der Waals surface area contributed by atoms with Crippen LogP contribution in [0.5, 0.6) is 5.75 Å². The predicted molar refractivity (Wildman–Crippen MR) is 88.2 cm³/mol. The second-order valence-corrected chi connectivity index (χ2v) is 6.49. The third kappa shape index (κ3) is 2.72.